The molecule has 0 bridgehead atoms. The van der Waals surface area contributed by atoms with E-state index in [2.05, 4.69) is 4.98 Å². The average Bonchev–Trinajstić information content (AvgIpc) is 2.30. The number of aromatic nitrogens is 1. The standard InChI is InChI=1S/C13H13NO3/c1-8-4-3-5-10-11(6-7-14-12(8)10)17-9(2)13(15)16/h3-7,9H,1-2H3,(H,15,16). The fraction of sp³-hybridized carbons (Fsp3) is 0.231. The Bertz CT molecular complexity index is 566. The number of benzene rings is 1. The van der Waals surface area contributed by atoms with Crippen molar-refractivity contribution < 1.29 is 14.6 Å². The lowest BCUT2D eigenvalue weighted by molar-refractivity contribution is -0.144. The van der Waals surface area contributed by atoms with Crippen LogP contribution in [-0.4, -0.2) is 22.2 Å². The number of fused-ring (bicyclic) bond motifs is 1. The summed E-state index contributed by atoms with van der Waals surface area (Å²) in [7, 11) is 0. The highest BCUT2D eigenvalue weighted by atomic mass is 16.5. The van der Waals surface area contributed by atoms with Crippen LogP contribution in [0.2, 0.25) is 0 Å². The largest absolute Gasteiger partial charge is 0.479 e. The van der Waals surface area contributed by atoms with E-state index in [0.29, 0.717) is 5.75 Å². The number of hydrogen-bond donors (Lipinski definition) is 1. The zero-order valence-electron chi connectivity index (χ0n) is 9.68. The lowest BCUT2D eigenvalue weighted by Gasteiger charge is -2.12. The van der Waals surface area contributed by atoms with Crippen LogP contribution >= 0.6 is 0 Å². The van der Waals surface area contributed by atoms with Crippen molar-refractivity contribution >= 4 is 16.9 Å². The molecule has 0 aliphatic heterocycles. The van der Waals surface area contributed by atoms with Crippen molar-refractivity contribution in [3.8, 4) is 5.75 Å². The van der Waals surface area contributed by atoms with E-state index in [9.17, 15) is 4.79 Å². The SMILES string of the molecule is Cc1cccc2c(OC(C)C(=O)O)ccnc12. The third-order valence-corrected chi connectivity index (χ3v) is 2.58. The van der Waals surface area contributed by atoms with Gasteiger partial charge in [0.05, 0.1) is 5.52 Å². The summed E-state index contributed by atoms with van der Waals surface area (Å²) in [5, 5.41) is 9.66. The number of aliphatic carboxylic acids is 1. The number of hydrogen-bond acceptors (Lipinski definition) is 3. The summed E-state index contributed by atoms with van der Waals surface area (Å²) >= 11 is 0. The second kappa shape index (κ2) is 4.41. The van der Waals surface area contributed by atoms with Crippen molar-refractivity contribution in [2.24, 2.45) is 0 Å². The third kappa shape index (κ3) is 2.20. The Kier molecular flexibility index (Phi) is 2.95. The van der Waals surface area contributed by atoms with E-state index in [1.165, 1.54) is 6.92 Å². The van der Waals surface area contributed by atoms with Crippen LogP contribution in [0.4, 0.5) is 0 Å². The molecule has 1 heterocycles. The number of rotatable bonds is 3. The molecule has 0 saturated heterocycles. The van der Waals surface area contributed by atoms with E-state index < -0.39 is 12.1 Å². The van der Waals surface area contributed by atoms with Gasteiger partial charge >= 0.3 is 5.97 Å². The van der Waals surface area contributed by atoms with Gasteiger partial charge in [-0.3, -0.25) is 4.98 Å². The second-order valence-corrected chi connectivity index (χ2v) is 3.88. The highest BCUT2D eigenvalue weighted by molar-refractivity contribution is 5.87. The quantitative estimate of drug-likeness (QED) is 0.881. The second-order valence-electron chi connectivity index (χ2n) is 3.88. The Labute approximate surface area is 98.9 Å². The molecule has 0 aliphatic carbocycles. The summed E-state index contributed by atoms with van der Waals surface area (Å²) in [5.41, 5.74) is 1.87. The predicted octanol–water partition coefficient (Wildman–Crippen LogP) is 2.40. The number of carboxylic acid groups (broad SMARTS) is 1. The van der Waals surface area contributed by atoms with Gasteiger partial charge in [0.1, 0.15) is 5.75 Å². The molecular formula is C13H13NO3. The third-order valence-electron chi connectivity index (χ3n) is 2.58. The molecule has 4 nitrogen and oxygen atoms in total. The van der Waals surface area contributed by atoms with Crippen LogP contribution in [0.3, 0.4) is 0 Å². The molecule has 1 aromatic carbocycles. The van der Waals surface area contributed by atoms with Crippen LogP contribution in [-0.2, 0) is 4.79 Å². The fourth-order valence-electron chi connectivity index (χ4n) is 1.64. The zero-order valence-corrected chi connectivity index (χ0v) is 9.68. The van der Waals surface area contributed by atoms with Crippen molar-refractivity contribution in [3.05, 3.63) is 36.0 Å². The summed E-state index contributed by atoms with van der Waals surface area (Å²) < 4.78 is 5.40. The van der Waals surface area contributed by atoms with Gasteiger partial charge in [-0.25, -0.2) is 4.79 Å². The number of aryl methyl sites for hydroxylation is 1. The molecule has 1 N–H and O–H groups in total. The van der Waals surface area contributed by atoms with Crippen LogP contribution in [0.25, 0.3) is 10.9 Å². The van der Waals surface area contributed by atoms with Gasteiger partial charge in [0.15, 0.2) is 6.10 Å². The van der Waals surface area contributed by atoms with Gasteiger partial charge in [-0.05, 0) is 31.5 Å². The van der Waals surface area contributed by atoms with Gasteiger partial charge in [-0.2, -0.15) is 0 Å². The molecule has 0 radical (unpaired) electrons. The molecule has 0 aliphatic rings. The van der Waals surface area contributed by atoms with Gasteiger partial charge in [-0.15, -0.1) is 0 Å². The average molecular weight is 231 g/mol. The zero-order chi connectivity index (χ0) is 12.4. The first-order valence-corrected chi connectivity index (χ1v) is 5.33. The predicted molar refractivity (Wildman–Crippen MR) is 64.2 cm³/mol. The van der Waals surface area contributed by atoms with Crippen LogP contribution in [0, 0.1) is 6.92 Å². The van der Waals surface area contributed by atoms with Crippen LogP contribution in [0.5, 0.6) is 5.75 Å². The van der Waals surface area contributed by atoms with Crippen LogP contribution in [0.15, 0.2) is 30.5 Å². The van der Waals surface area contributed by atoms with E-state index in [1.807, 2.05) is 25.1 Å². The molecule has 4 heteroatoms. The monoisotopic (exact) mass is 231 g/mol. The Hall–Kier alpha value is -2.10. The van der Waals surface area contributed by atoms with E-state index in [0.717, 1.165) is 16.5 Å². The molecule has 0 amide bonds. The molecular weight excluding hydrogens is 218 g/mol. The highest BCUT2D eigenvalue weighted by Gasteiger charge is 2.14. The molecule has 1 aromatic heterocycles. The molecule has 0 spiro atoms. The first-order chi connectivity index (χ1) is 8.09. The minimum Gasteiger partial charge on any atom is -0.479 e. The molecule has 1 unspecified atom stereocenters. The first kappa shape index (κ1) is 11.4. The maximum atomic E-state index is 10.8. The van der Waals surface area contributed by atoms with Crippen molar-refractivity contribution in [2.75, 3.05) is 0 Å². The molecule has 0 fully saturated rings. The smallest absolute Gasteiger partial charge is 0.344 e. The van der Waals surface area contributed by atoms with E-state index in [4.69, 9.17) is 9.84 Å². The number of ether oxygens (including phenoxy) is 1. The lowest BCUT2D eigenvalue weighted by atomic mass is 10.1. The minimum atomic E-state index is -0.984. The molecule has 0 saturated carbocycles. The molecule has 2 aromatic rings. The summed E-state index contributed by atoms with van der Waals surface area (Å²) in [6.45, 7) is 3.46. The maximum absolute atomic E-state index is 10.8. The van der Waals surface area contributed by atoms with Gasteiger partial charge in [0, 0.05) is 11.6 Å². The van der Waals surface area contributed by atoms with Crippen molar-refractivity contribution in [1.29, 1.82) is 0 Å². The van der Waals surface area contributed by atoms with E-state index in [1.54, 1.807) is 12.3 Å². The Balaban J connectivity index is 2.48. The molecule has 17 heavy (non-hydrogen) atoms. The van der Waals surface area contributed by atoms with Crippen molar-refractivity contribution in [3.63, 3.8) is 0 Å². The summed E-state index contributed by atoms with van der Waals surface area (Å²) in [5.74, 6) is -0.434. The van der Waals surface area contributed by atoms with Gasteiger partial charge in [0.25, 0.3) is 0 Å². The van der Waals surface area contributed by atoms with E-state index in [-0.39, 0.29) is 0 Å². The van der Waals surface area contributed by atoms with E-state index >= 15 is 0 Å². The topological polar surface area (TPSA) is 59.4 Å². The Morgan fingerprint density at radius 1 is 1.41 bits per heavy atom. The summed E-state index contributed by atoms with van der Waals surface area (Å²) in [6, 6.07) is 7.41. The minimum absolute atomic E-state index is 0.550. The van der Waals surface area contributed by atoms with Gasteiger partial charge < -0.3 is 9.84 Å². The Morgan fingerprint density at radius 2 is 2.18 bits per heavy atom. The molecule has 1 atom stereocenters. The normalized spacial score (nSPS) is 12.4. The summed E-state index contributed by atoms with van der Waals surface area (Å²) in [4.78, 5) is 15.0. The van der Waals surface area contributed by atoms with Crippen molar-refractivity contribution in [1.82, 2.24) is 4.98 Å². The maximum Gasteiger partial charge on any atom is 0.344 e. The number of carboxylic acids is 1. The van der Waals surface area contributed by atoms with Crippen molar-refractivity contribution in [2.45, 2.75) is 20.0 Å². The van der Waals surface area contributed by atoms with Gasteiger partial charge in [0.2, 0.25) is 0 Å². The van der Waals surface area contributed by atoms with Crippen LogP contribution < -0.4 is 4.74 Å². The summed E-state index contributed by atoms with van der Waals surface area (Å²) in [6.07, 6.45) is 0.750. The van der Waals surface area contributed by atoms with Crippen LogP contribution in [0.1, 0.15) is 12.5 Å². The molecule has 2 rings (SSSR count). The Morgan fingerprint density at radius 3 is 2.88 bits per heavy atom. The molecule has 88 valence electrons. The number of pyridine rings is 1. The number of nitrogens with zero attached hydrogens (tertiary/aromatic N) is 1. The highest BCUT2D eigenvalue weighted by Crippen LogP contribution is 2.26. The first-order valence-electron chi connectivity index (χ1n) is 5.33. The number of carbonyl (C=O) groups is 1. The van der Waals surface area contributed by atoms with Gasteiger partial charge in [-0.1, -0.05) is 12.1 Å². The number of para-hydroxylation sites is 1. The fourth-order valence-corrected chi connectivity index (χ4v) is 1.64. The lowest BCUT2D eigenvalue weighted by Crippen LogP contribution is -2.23.